The van der Waals surface area contributed by atoms with Crippen molar-refractivity contribution in [1.29, 1.82) is 10.5 Å². The van der Waals surface area contributed by atoms with E-state index in [0.717, 1.165) is 31.6 Å². The van der Waals surface area contributed by atoms with Gasteiger partial charge in [-0.3, -0.25) is 4.98 Å². The van der Waals surface area contributed by atoms with Crippen LogP contribution in [0.3, 0.4) is 0 Å². The third-order valence-electron chi connectivity index (χ3n) is 3.94. The molecule has 0 aromatic carbocycles. The van der Waals surface area contributed by atoms with E-state index >= 15 is 0 Å². The molecule has 0 amide bonds. The van der Waals surface area contributed by atoms with E-state index < -0.39 is 0 Å². The maximum atomic E-state index is 9.14. The number of piperidine rings is 1. The number of nitriles is 2. The van der Waals surface area contributed by atoms with Gasteiger partial charge in [0.2, 0.25) is 0 Å². The van der Waals surface area contributed by atoms with E-state index in [1.165, 1.54) is 6.33 Å². The van der Waals surface area contributed by atoms with Crippen LogP contribution in [0.4, 0.5) is 5.82 Å². The number of hydrogen-bond donors (Lipinski definition) is 0. The van der Waals surface area contributed by atoms with Gasteiger partial charge in [-0.1, -0.05) is 0 Å². The van der Waals surface area contributed by atoms with Crippen LogP contribution >= 0.6 is 0 Å². The van der Waals surface area contributed by atoms with E-state index in [2.05, 4.69) is 32.0 Å². The average Bonchev–Trinajstić information content (AvgIpc) is 2.62. The van der Waals surface area contributed by atoms with Gasteiger partial charge in [-0.15, -0.1) is 0 Å². The molecule has 3 heterocycles. The molecule has 0 spiro atoms. The Balaban J connectivity index is 1.70. The lowest BCUT2D eigenvalue weighted by Crippen LogP contribution is -2.34. The second-order valence-electron chi connectivity index (χ2n) is 5.22. The lowest BCUT2D eigenvalue weighted by molar-refractivity contribution is 0.493. The molecule has 0 bridgehead atoms. The molecule has 22 heavy (non-hydrogen) atoms. The molecule has 6 nitrogen and oxygen atoms in total. The van der Waals surface area contributed by atoms with Crippen LogP contribution in [0, 0.1) is 22.7 Å². The molecule has 1 aliphatic rings. The van der Waals surface area contributed by atoms with Gasteiger partial charge in [0, 0.05) is 30.9 Å². The van der Waals surface area contributed by atoms with Gasteiger partial charge < -0.3 is 4.90 Å². The van der Waals surface area contributed by atoms with Gasteiger partial charge in [0.25, 0.3) is 0 Å². The van der Waals surface area contributed by atoms with Crippen molar-refractivity contribution in [3.05, 3.63) is 47.7 Å². The predicted octanol–water partition coefficient (Wildman–Crippen LogP) is 2.00. The number of aromatic nitrogens is 3. The first-order chi connectivity index (χ1) is 10.8. The molecule has 3 rings (SSSR count). The SMILES string of the molecule is N#Cc1ccc(C2CCN(c3ncncc3C#N)CC2)nc1. The van der Waals surface area contributed by atoms with Crippen LogP contribution in [-0.4, -0.2) is 28.0 Å². The van der Waals surface area contributed by atoms with Crippen LogP contribution in [0.1, 0.15) is 35.6 Å². The molecule has 0 atom stereocenters. The zero-order valence-electron chi connectivity index (χ0n) is 12.0. The minimum Gasteiger partial charge on any atom is -0.355 e. The highest BCUT2D eigenvalue weighted by Gasteiger charge is 2.23. The first kappa shape index (κ1) is 14.0. The topological polar surface area (TPSA) is 89.5 Å². The van der Waals surface area contributed by atoms with Crippen molar-refractivity contribution < 1.29 is 0 Å². The van der Waals surface area contributed by atoms with Crippen LogP contribution in [0.5, 0.6) is 0 Å². The summed E-state index contributed by atoms with van der Waals surface area (Å²) in [5, 5.41) is 17.9. The maximum Gasteiger partial charge on any atom is 0.149 e. The van der Waals surface area contributed by atoms with Gasteiger partial charge in [-0.05, 0) is 25.0 Å². The Morgan fingerprint density at radius 1 is 1.05 bits per heavy atom. The third-order valence-corrected chi connectivity index (χ3v) is 3.94. The van der Waals surface area contributed by atoms with E-state index in [0.29, 0.717) is 22.9 Å². The molecule has 0 radical (unpaired) electrons. The first-order valence-corrected chi connectivity index (χ1v) is 7.13. The van der Waals surface area contributed by atoms with Gasteiger partial charge >= 0.3 is 0 Å². The normalized spacial score (nSPS) is 15.1. The fraction of sp³-hybridized carbons (Fsp3) is 0.312. The zero-order valence-corrected chi connectivity index (χ0v) is 12.0. The van der Waals surface area contributed by atoms with Crippen molar-refractivity contribution in [2.24, 2.45) is 0 Å². The van der Waals surface area contributed by atoms with Crippen LogP contribution in [0.2, 0.25) is 0 Å². The van der Waals surface area contributed by atoms with Gasteiger partial charge in [0.15, 0.2) is 0 Å². The van der Waals surface area contributed by atoms with Crippen molar-refractivity contribution in [3.63, 3.8) is 0 Å². The molecule has 1 aliphatic heterocycles. The molecule has 6 heteroatoms. The number of hydrogen-bond acceptors (Lipinski definition) is 6. The molecule has 2 aromatic rings. The van der Waals surface area contributed by atoms with Gasteiger partial charge in [-0.25, -0.2) is 9.97 Å². The highest BCUT2D eigenvalue weighted by molar-refractivity contribution is 5.52. The molecule has 2 aromatic heterocycles. The Morgan fingerprint density at radius 3 is 2.50 bits per heavy atom. The summed E-state index contributed by atoms with van der Waals surface area (Å²) in [7, 11) is 0. The largest absolute Gasteiger partial charge is 0.355 e. The van der Waals surface area contributed by atoms with Crippen molar-refractivity contribution in [3.8, 4) is 12.1 Å². The highest BCUT2D eigenvalue weighted by Crippen LogP contribution is 2.29. The van der Waals surface area contributed by atoms with E-state index in [1.54, 1.807) is 12.4 Å². The van der Waals surface area contributed by atoms with Crippen LogP contribution < -0.4 is 4.90 Å². The van der Waals surface area contributed by atoms with Gasteiger partial charge in [-0.2, -0.15) is 10.5 Å². The van der Waals surface area contributed by atoms with Crippen molar-refractivity contribution >= 4 is 5.82 Å². The fourth-order valence-corrected chi connectivity index (χ4v) is 2.75. The second kappa shape index (κ2) is 6.19. The number of pyridine rings is 1. The maximum absolute atomic E-state index is 9.14. The standard InChI is InChI=1S/C16H14N6/c17-7-12-1-2-15(20-9-12)13-3-5-22(6-4-13)16-14(8-18)10-19-11-21-16/h1-2,9-11,13H,3-6H2. The average molecular weight is 290 g/mol. The first-order valence-electron chi connectivity index (χ1n) is 7.13. The molecule has 1 saturated heterocycles. The smallest absolute Gasteiger partial charge is 0.149 e. The Kier molecular flexibility index (Phi) is 3.93. The van der Waals surface area contributed by atoms with Crippen LogP contribution in [0.15, 0.2) is 30.9 Å². The van der Waals surface area contributed by atoms with E-state index in [9.17, 15) is 0 Å². The van der Waals surface area contributed by atoms with E-state index in [4.69, 9.17) is 10.5 Å². The van der Waals surface area contributed by atoms with Gasteiger partial charge in [0.05, 0.1) is 11.8 Å². The Morgan fingerprint density at radius 2 is 1.86 bits per heavy atom. The molecule has 0 unspecified atom stereocenters. The monoisotopic (exact) mass is 290 g/mol. The zero-order chi connectivity index (χ0) is 15.4. The highest BCUT2D eigenvalue weighted by atomic mass is 15.2. The number of anilines is 1. The quantitative estimate of drug-likeness (QED) is 0.840. The molecule has 0 saturated carbocycles. The summed E-state index contributed by atoms with van der Waals surface area (Å²) < 4.78 is 0. The summed E-state index contributed by atoms with van der Waals surface area (Å²) in [5.41, 5.74) is 2.13. The fourth-order valence-electron chi connectivity index (χ4n) is 2.75. The Bertz CT molecular complexity index is 732. The minimum absolute atomic E-state index is 0.386. The van der Waals surface area contributed by atoms with Crippen molar-refractivity contribution in [2.75, 3.05) is 18.0 Å². The minimum atomic E-state index is 0.386. The Labute approximate surface area is 128 Å². The molecular formula is C16H14N6. The lowest BCUT2D eigenvalue weighted by Gasteiger charge is -2.32. The molecule has 1 fully saturated rings. The third kappa shape index (κ3) is 2.72. The van der Waals surface area contributed by atoms with Crippen molar-refractivity contribution in [1.82, 2.24) is 15.0 Å². The van der Waals surface area contributed by atoms with E-state index in [1.807, 2.05) is 12.1 Å². The summed E-state index contributed by atoms with van der Waals surface area (Å²) in [6, 6.07) is 7.97. The summed E-state index contributed by atoms with van der Waals surface area (Å²) in [5.74, 6) is 1.10. The Hall–Kier alpha value is -2.99. The molecular weight excluding hydrogens is 276 g/mol. The van der Waals surface area contributed by atoms with Crippen LogP contribution in [0.25, 0.3) is 0 Å². The summed E-state index contributed by atoms with van der Waals surface area (Å²) in [4.78, 5) is 14.6. The predicted molar refractivity (Wildman–Crippen MR) is 79.9 cm³/mol. The van der Waals surface area contributed by atoms with E-state index in [-0.39, 0.29) is 0 Å². The molecule has 108 valence electrons. The summed E-state index contributed by atoms with van der Waals surface area (Å²) in [6.45, 7) is 1.66. The molecule has 0 aliphatic carbocycles. The second-order valence-corrected chi connectivity index (χ2v) is 5.22. The van der Waals surface area contributed by atoms with Crippen molar-refractivity contribution in [2.45, 2.75) is 18.8 Å². The number of nitrogens with zero attached hydrogens (tertiary/aromatic N) is 6. The number of rotatable bonds is 2. The summed E-state index contributed by atoms with van der Waals surface area (Å²) in [6.07, 6.45) is 6.56. The van der Waals surface area contributed by atoms with Gasteiger partial charge in [0.1, 0.15) is 29.8 Å². The summed E-state index contributed by atoms with van der Waals surface area (Å²) >= 11 is 0. The molecule has 0 N–H and O–H groups in total. The lowest BCUT2D eigenvalue weighted by atomic mass is 9.92. The van der Waals surface area contributed by atoms with Crippen LogP contribution in [-0.2, 0) is 0 Å².